The second-order valence-corrected chi connectivity index (χ2v) is 7.61. The molecular formula is C18H18N4OS. The Morgan fingerprint density at radius 3 is 3.00 bits per heavy atom. The van der Waals surface area contributed by atoms with Crippen molar-refractivity contribution in [2.75, 3.05) is 5.32 Å². The number of aromatic nitrogens is 3. The van der Waals surface area contributed by atoms with Gasteiger partial charge in [0, 0.05) is 12.2 Å². The summed E-state index contributed by atoms with van der Waals surface area (Å²) in [5.41, 5.74) is 5.50. The van der Waals surface area contributed by atoms with E-state index in [4.69, 9.17) is 4.98 Å². The molecule has 0 atom stereocenters. The molecule has 0 fully saturated rings. The van der Waals surface area contributed by atoms with Gasteiger partial charge in [-0.15, -0.1) is 0 Å². The van der Waals surface area contributed by atoms with Crippen LogP contribution in [0.25, 0.3) is 10.2 Å². The number of hydrogen-bond donors (Lipinski definition) is 1. The predicted octanol–water partition coefficient (Wildman–Crippen LogP) is 3.57. The number of hydrogen-bond acceptors (Lipinski definition) is 4. The lowest BCUT2D eigenvalue weighted by Gasteiger charge is -2.15. The number of amides is 1. The number of rotatable bonds is 2. The van der Waals surface area contributed by atoms with Crippen molar-refractivity contribution < 1.29 is 4.79 Å². The largest absolute Gasteiger partial charge is 0.296 e. The van der Waals surface area contributed by atoms with E-state index in [0.717, 1.165) is 48.1 Å². The minimum absolute atomic E-state index is 0.162. The highest BCUT2D eigenvalue weighted by atomic mass is 32.1. The molecule has 2 aromatic heterocycles. The molecule has 2 aliphatic rings. The van der Waals surface area contributed by atoms with Crippen LogP contribution in [0.5, 0.6) is 0 Å². The molecule has 0 saturated heterocycles. The molecule has 122 valence electrons. The first kappa shape index (κ1) is 14.2. The highest BCUT2D eigenvalue weighted by Crippen LogP contribution is 2.33. The number of nitrogens with zero attached hydrogens (tertiary/aromatic N) is 3. The first-order valence-electron chi connectivity index (χ1n) is 8.57. The summed E-state index contributed by atoms with van der Waals surface area (Å²) < 4.78 is 3.09. The molecule has 3 heterocycles. The number of thiazole rings is 1. The first-order valence-corrected chi connectivity index (χ1v) is 9.39. The molecule has 0 saturated carbocycles. The molecule has 5 rings (SSSR count). The molecule has 5 nitrogen and oxygen atoms in total. The van der Waals surface area contributed by atoms with Crippen LogP contribution in [-0.4, -0.2) is 20.7 Å². The Bertz CT molecular complexity index is 934. The van der Waals surface area contributed by atoms with Gasteiger partial charge in [0.15, 0.2) is 10.8 Å². The van der Waals surface area contributed by atoms with Crippen LogP contribution in [0.2, 0.25) is 0 Å². The van der Waals surface area contributed by atoms with Crippen molar-refractivity contribution in [3.05, 3.63) is 40.7 Å². The lowest BCUT2D eigenvalue weighted by molar-refractivity contribution is 0.102. The summed E-state index contributed by atoms with van der Waals surface area (Å²) in [6, 6.07) is 6.26. The van der Waals surface area contributed by atoms with E-state index >= 15 is 0 Å². The first-order chi connectivity index (χ1) is 11.8. The SMILES string of the molecule is O=C(Nc1nc2c3c(ccc2s1)CCCC3)c1cc2n(n1)CCC2. The van der Waals surface area contributed by atoms with E-state index in [0.29, 0.717) is 10.8 Å². The van der Waals surface area contributed by atoms with Crippen LogP contribution in [0.1, 0.15) is 46.6 Å². The summed E-state index contributed by atoms with van der Waals surface area (Å²) in [6.45, 7) is 0.913. The second kappa shape index (κ2) is 5.41. The van der Waals surface area contributed by atoms with E-state index in [1.54, 1.807) is 11.3 Å². The Balaban J connectivity index is 1.45. The van der Waals surface area contributed by atoms with Crippen molar-refractivity contribution in [3.8, 4) is 0 Å². The van der Waals surface area contributed by atoms with E-state index < -0.39 is 0 Å². The molecule has 0 unspecified atom stereocenters. The summed E-state index contributed by atoms with van der Waals surface area (Å²) in [5, 5.41) is 8.00. The van der Waals surface area contributed by atoms with Gasteiger partial charge in [-0.1, -0.05) is 17.4 Å². The van der Waals surface area contributed by atoms with Crippen LogP contribution in [0.4, 0.5) is 5.13 Å². The number of carbonyl (C=O) groups is 1. The van der Waals surface area contributed by atoms with Crippen molar-refractivity contribution in [3.63, 3.8) is 0 Å². The topological polar surface area (TPSA) is 59.8 Å². The number of fused-ring (bicyclic) bond motifs is 4. The number of carbonyl (C=O) groups excluding carboxylic acids is 1. The third kappa shape index (κ3) is 2.24. The van der Waals surface area contributed by atoms with Gasteiger partial charge in [0.2, 0.25) is 0 Å². The van der Waals surface area contributed by atoms with E-state index in [9.17, 15) is 4.79 Å². The van der Waals surface area contributed by atoms with Gasteiger partial charge in [0.25, 0.3) is 5.91 Å². The van der Waals surface area contributed by atoms with Gasteiger partial charge in [-0.05, 0) is 61.8 Å². The van der Waals surface area contributed by atoms with Crippen molar-refractivity contribution in [1.29, 1.82) is 0 Å². The van der Waals surface area contributed by atoms with Crippen molar-refractivity contribution in [1.82, 2.24) is 14.8 Å². The molecule has 0 bridgehead atoms. The zero-order valence-corrected chi connectivity index (χ0v) is 14.2. The average molecular weight is 338 g/mol. The Hall–Kier alpha value is -2.21. The summed E-state index contributed by atoms with van der Waals surface area (Å²) in [7, 11) is 0. The fourth-order valence-corrected chi connectivity index (χ4v) is 4.70. The van der Waals surface area contributed by atoms with Gasteiger partial charge < -0.3 is 0 Å². The van der Waals surface area contributed by atoms with E-state index in [1.807, 2.05) is 10.7 Å². The third-order valence-corrected chi connectivity index (χ3v) is 5.94. The molecule has 3 aromatic rings. The van der Waals surface area contributed by atoms with Crippen molar-refractivity contribution >= 4 is 32.6 Å². The Morgan fingerprint density at radius 1 is 1.17 bits per heavy atom. The molecular weight excluding hydrogens is 320 g/mol. The third-order valence-electron chi connectivity index (χ3n) is 5.00. The second-order valence-electron chi connectivity index (χ2n) is 6.58. The van der Waals surface area contributed by atoms with E-state index in [-0.39, 0.29) is 5.91 Å². The summed E-state index contributed by atoms with van der Waals surface area (Å²) in [5.74, 6) is -0.162. The van der Waals surface area contributed by atoms with Crippen molar-refractivity contribution in [2.24, 2.45) is 0 Å². The van der Waals surface area contributed by atoms with E-state index in [1.165, 1.54) is 24.0 Å². The lowest BCUT2D eigenvalue weighted by Crippen LogP contribution is -2.13. The molecule has 0 radical (unpaired) electrons. The highest BCUT2D eigenvalue weighted by molar-refractivity contribution is 7.22. The average Bonchev–Trinajstić information content (AvgIpc) is 3.28. The van der Waals surface area contributed by atoms with Gasteiger partial charge >= 0.3 is 0 Å². The maximum atomic E-state index is 12.5. The Labute approximate surface area is 143 Å². The van der Waals surface area contributed by atoms with Gasteiger partial charge in [-0.3, -0.25) is 14.8 Å². The summed E-state index contributed by atoms with van der Waals surface area (Å²) in [4.78, 5) is 17.2. The number of benzene rings is 1. The molecule has 1 N–H and O–H groups in total. The molecule has 6 heteroatoms. The van der Waals surface area contributed by atoms with Crippen LogP contribution in [0, 0.1) is 0 Å². The maximum absolute atomic E-state index is 12.5. The zero-order chi connectivity index (χ0) is 16.1. The van der Waals surface area contributed by atoms with E-state index in [2.05, 4.69) is 22.5 Å². The molecule has 0 spiro atoms. The van der Waals surface area contributed by atoms with Gasteiger partial charge in [-0.2, -0.15) is 5.10 Å². The monoisotopic (exact) mass is 338 g/mol. The Morgan fingerprint density at radius 2 is 2.08 bits per heavy atom. The number of anilines is 1. The van der Waals surface area contributed by atoms with Crippen molar-refractivity contribution in [2.45, 2.75) is 45.1 Å². The Kier molecular flexibility index (Phi) is 3.19. The summed E-state index contributed by atoms with van der Waals surface area (Å²) >= 11 is 1.55. The normalized spacial score (nSPS) is 16.2. The summed E-state index contributed by atoms with van der Waals surface area (Å²) in [6.07, 6.45) is 6.85. The quantitative estimate of drug-likeness (QED) is 0.777. The van der Waals surface area contributed by atoms with Gasteiger partial charge in [0.05, 0.1) is 10.2 Å². The van der Waals surface area contributed by atoms with Crippen LogP contribution < -0.4 is 5.32 Å². The minimum atomic E-state index is -0.162. The molecule has 1 amide bonds. The van der Waals surface area contributed by atoms with Crippen LogP contribution in [0.3, 0.4) is 0 Å². The minimum Gasteiger partial charge on any atom is -0.296 e. The van der Waals surface area contributed by atoms with Crippen LogP contribution in [-0.2, 0) is 25.8 Å². The molecule has 1 aliphatic heterocycles. The molecule has 24 heavy (non-hydrogen) atoms. The number of nitrogens with one attached hydrogen (secondary N) is 1. The molecule has 1 aliphatic carbocycles. The lowest BCUT2D eigenvalue weighted by atomic mass is 9.91. The fraction of sp³-hybridized carbons (Fsp3) is 0.389. The zero-order valence-electron chi connectivity index (χ0n) is 13.3. The number of aryl methyl sites for hydroxylation is 4. The van der Waals surface area contributed by atoms with Crippen LogP contribution >= 0.6 is 11.3 Å². The van der Waals surface area contributed by atoms with Gasteiger partial charge in [-0.25, -0.2) is 4.98 Å². The maximum Gasteiger partial charge on any atom is 0.277 e. The fourth-order valence-electron chi connectivity index (χ4n) is 3.81. The smallest absolute Gasteiger partial charge is 0.277 e. The molecule has 1 aromatic carbocycles. The van der Waals surface area contributed by atoms with Gasteiger partial charge in [0.1, 0.15) is 0 Å². The predicted molar refractivity (Wildman–Crippen MR) is 94.8 cm³/mol. The standard InChI is InChI=1S/C18H18N4OS/c23-17(14-10-12-5-3-9-22(12)21-14)20-18-19-16-13-6-2-1-4-11(13)7-8-15(16)24-18/h7-8,10H,1-6,9H2,(H,19,20,23). The van der Waals surface area contributed by atoms with Crippen LogP contribution in [0.15, 0.2) is 18.2 Å². The highest BCUT2D eigenvalue weighted by Gasteiger charge is 2.20.